The van der Waals surface area contributed by atoms with Crippen LogP contribution in [0.3, 0.4) is 0 Å². The van der Waals surface area contributed by atoms with Gasteiger partial charge < -0.3 is 9.51 Å². The number of nitrogens with one attached hydrogen (secondary N) is 1. The van der Waals surface area contributed by atoms with Crippen molar-refractivity contribution in [3.63, 3.8) is 0 Å². The quantitative estimate of drug-likeness (QED) is 0.282. The van der Waals surface area contributed by atoms with Gasteiger partial charge in [0.15, 0.2) is 5.82 Å². The smallest absolute Gasteiger partial charge is 0.331 e. The predicted octanol–water partition coefficient (Wildman–Crippen LogP) is 2.79. The SMILES string of the molecule is CC1(CCCn2c(=O)n(CCCCc3noc(-c4ccccn4)n3)c(=O)c3[nH]c(=O)n(C4CCC4)c(=O)c32)CC1. The van der Waals surface area contributed by atoms with Crippen molar-refractivity contribution in [3.8, 4) is 11.6 Å². The van der Waals surface area contributed by atoms with Gasteiger partial charge in [0.1, 0.15) is 16.7 Å². The standard InChI is InChI=1S/C28H33N7O5/c1-28(13-14-28)12-7-17-33-22-21(31-26(38)35(25(22)37)18-8-6-9-18)24(36)34(27(33)39)16-5-3-11-20-30-23(40-32-20)19-10-2-4-15-29-19/h2,4,10,15,18H,3,5-9,11-14,16-17H2,1H3,(H,31,38). The number of rotatable bonds is 11. The first-order valence-electron chi connectivity index (χ1n) is 14.1. The molecular weight excluding hydrogens is 514 g/mol. The molecule has 2 aliphatic rings. The number of aromatic nitrogens is 7. The van der Waals surface area contributed by atoms with Crippen LogP contribution in [0, 0.1) is 5.41 Å². The minimum Gasteiger partial charge on any atom is -0.332 e. The van der Waals surface area contributed by atoms with Gasteiger partial charge in [-0.3, -0.25) is 28.3 Å². The summed E-state index contributed by atoms with van der Waals surface area (Å²) in [6.45, 7) is 2.68. The number of unbranched alkanes of at least 4 members (excludes halogenated alkanes) is 1. The van der Waals surface area contributed by atoms with Crippen molar-refractivity contribution in [2.75, 3.05) is 0 Å². The lowest BCUT2D eigenvalue weighted by molar-refractivity contribution is 0.297. The molecule has 2 saturated carbocycles. The Labute approximate surface area is 228 Å². The normalized spacial score (nSPS) is 16.3. The molecule has 0 bridgehead atoms. The van der Waals surface area contributed by atoms with Gasteiger partial charge >= 0.3 is 11.4 Å². The van der Waals surface area contributed by atoms with Crippen LogP contribution in [0.5, 0.6) is 0 Å². The Balaban J connectivity index is 1.26. The van der Waals surface area contributed by atoms with Crippen LogP contribution in [0.1, 0.15) is 76.6 Å². The molecule has 12 nitrogen and oxygen atoms in total. The summed E-state index contributed by atoms with van der Waals surface area (Å²) in [5, 5.41) is 4.00. The zero-order chi connectivity index (χ0) is 27.9. The monoisotopic (exact) mass is 547 g/mol. The van der Waals surface area contributed by atoms with Gasteiger partial charge in [0, 0.05) is 31.7 Å². The molecule has 4 heterocycles. The molecule has 2 fully saturated rings. The molecule has 0 amide bonds. The van der Waals surface area contributed by atoms with Crippen LogP contribution in [0.4, 0.5) is 0 Å². The van der Waals surface area contributed by atoms with Crippen LogP contribution in [-0.4, -0.2) is 33.8 Å². The third-order valence-corrected chi connectivity index (χ3v) is 8.39. The van der Waals surface area contributed by atoms with Crippen LogP contribution >= 0.6 is 0 Å². The number of aromatic amines is 1. The van der Waals surface area contributed by atoms with Gasteiger partial charge in [0.2, 0.25) is 0 Å². The molecule has 0 aliphatic heterocycles. The Morgan fingerprint density at radius 2 is 1.82 bits per heavy atom. The number of hydrogen-bond acceptors (Lipinski definition) is 8. The van der Waals surface area contributed by atoms with E-state index in [1.54, 1.807) is 18.3 Å². The molecule has 0 atom stereocenters. The minimum atomic E-state index is -0.641. The van der Waals surface area contributed by atoms with Crippen molar-refractivity contribution in [2.24, 2.45) is 5.41 Å². The number of fused-ring (bicyclic) bond motifs is 1. The molecule has 0 aromatic carbocycles. The maximum Gasteiger partial charge on any atom is 0.331 e. The van der Waals surface area contributed by atoms with E-state index in [-0.39, 0.29) is 23.6 Å². The zero-order valence-corrected chi connectivity index (χ0v) is 22.6. The first-order chi connectivity index (χ1) is 19.3. The van der Waals surface area contributed by atoms with Gasteiger partial charge in [-0.25, -0.2) is 9.59 Å². The second-order valence-electron chi connectivity index (χ2n) is 11.4. The average Bonchev–Trinajstić information content (AvgIpc) is 3.46. The van der Waals surface area contributed by atoms with E-state index in [4.69, 9.17) is 4.52 Å². The van der Waals surface area contributed by atoms with Crippen molar-refractivity contribution < 1.29 is 4.52 Å². The van der Waals surface area contributed by atoms with Crippen molar-refractivity contribution in [2.45, 2.75) is 90.3 Å². The first kappa shape index (κ1) is 26.1. The van der Waals surface area contributed by atoms with E-state index in [1.807, 2.05) is 6.07 Å². The summed E-state index contributed by atoms with van der Waals surface area (Å²) in [5.74, 6) is 0.846. The molecule has 1 N–H and O–H groups in total. The van der Waals surface area contributed by atoms with E-state index in [1.165, 1.54) is 9.13 Å². The van der Waals surface area contributed by atoms with E-state index < -0.39 is 22.5 Å². The number of hydrogen-bond donors (Lipinski definition) is 1. The first-order valence-corrected chi connectivity index (χ1v) is 14.1. The molecule has 12 heteroatoms. The Kier molecular flexibility index (Phi) is 6.85. The molecule has 2 aliphatic carbocycles. The molecule has 40 heavy (non-hydrogen) atoms. The maximum atomic E-state index is 13.6. The number of nitrogens with zero attached hydrogens (tertiary/aromatic N) is 6. The van der Waals surface area contributed by atoms with Crippen LogP contribution in [0.2, 0.25) is 0 Å². The topological polar surface area (TPSA) is 151 Å². The van der Waals surface area contributed by atoms with Gasteiger partial charge in [-0.15, -0.1) is 0 Å². The summed E-state index contributed by atoms with van der Waals surface area (Å²) in [5.41, 5.74) is -1.51. The second kappa shape index (κ2) is 10.5. The summed E-state index contributed by atoms with van der Waals surface area (Å²) >= 11 is 0. The maximum absolute atomic E-state index is 13.6. The fraction of sp³-hybridized carbons (Fsp3) is 0.536. The number of pyridine rings is 1. The fourth-order valence-electron chi connectivity index (χ4n) is 5.42. The molecule has 210 valence electrons. The lowest BCUT2D eigenvalue weighted by atomic mass is 9.93. The molecule has 0 saturated heterocycles. The summed E-state index contributed by atoms with van der Waals surface area (Å²) in [4.78, 5) is 64.7. The zero-order valence-electron chi connectivity index (χ0n) is 22.6. The third-order valence-electron chi connectivity index (χ3n) is 8.39. The highest BCUT2D eigenvalue weighted by molar-refractivity contribution is 5.72. The van der Waals surface area contributed by atoms with Crippen molar-refractivity contribution in [3.05, 3.63) is 71.9 Å². The molecule has 4 aromatic heterocycles. The Morgan fingerprint density at radius 1 is 1.02 bits per heavy atom. The number of H-pyrrole nitrogens is 1. The predicted molar refractivity (Wildman–Crippen MR) is 147 cm³/mol. The van der Waals surface area contributed by atoms with Crippen LogP contribution in [0.15, 0.2) is 48.1 Å². The summed E-state index contributed by atoms with van der Waals surface area (Å²) in [6.07, 6.45) is 9.61. The van der Waals surface area contributed by atoms with E-state index >= 15 is 0 Å². The molecule has 0 radical (unpaired) electrons. The van der Waals surface area contributed by atoms with Crippen LogP contribution in [0.25, 0.3) is 22.6 Å². The Morgan fingerprint density at radius 3 is 2.52 bits per heavy atom. The largest absolute Gasteiger partial charge is 0.332 e. The van der Waals surface area contributed by atoms with Gasteiger partial charge in [-0.1, -0.05) is 18.1 Å². The van der Waals surface area contributed by atoms with Crippen molar-refractivity contribution >= 4 is 11.0 Å². The van der Waals surface area contributed by atoms with E-state index in [9.17, 15) is 19.2 Å². The third kappa shape index (κ3) is 4.98. The highest BCUT2D eigenvalue weighted by Gasteiger charge is 2.36. The molecular formula is C28H33N7O5. The Bertz CT molecular complexity index is 1770. The van der Waals surface area contributed by atoms with Gasteiger partial charge in [-0.05, 0) is 75.3 Å². The highest BCUT2D eigenvalue weighted by atomic mass is 16.5. The lowest BCUT2D eigenvalue weighted by Crippen LogP contribution is -2.47. The summed E-state index contributed by atoms with van der Waals surface area (Å²) in [7, 11) is 0. The van der Waals surface area contributed by atoms with Crippen LogP contribution in [-0.2, 0) is 19.5 Å². The average molecular weight is 548 g/mol. The van der Waals surface area contributed by atoms with E-state index in [2.05, 4.69) is 27.0 Å². The second-order valence-corrected chi connectivity index (χ2v) is 11.4. The fourth-order valence-corrected chi connectivity index (χ4v) is 5.42. The van der Waals surface area contributed by atoms with Gasteiger partial charge in [0.05, 0.1) is 0 Å². The molecule has 0 spiro atoms. The Hall–Kier alpha value is -4.09. The molecule has 0 unspecified atom stereocenters. The highest BCUT2D eigenvalue weighted by Crippen LogP contribution is 2.48. The van der Waals surface area contributed by atoms with E-state index in [0.717, 1.165) is 43.1 Å². The number of aryl methyl sites for hydroxylation is 2. The lowest BCUT2D eigenvalue weighted by Gasteiger charge is -2.27. The van der Waals surface area contributed by atoms with E-state index in [0.29, 0.717) is 55.1 Å². The van der Waals surface area contributed by atoms with Crippen LogP contribution < -0.4 is 22.5 Å². The van der Waals surface area contributed by atoms with Gasteiger partial charge in [0.25, 0.3) is 17.0 Å². The van der Waals surface area contributed by atoms with Crippen molar-refractivity contribution in [1.82, 2.24) is 33.8 Å². The summed E-state index contributed by atoms with van der Waals surface area (Å²) in [6, 6.07) is 5.23. The van der Waals surface area contributed by atoms with Crippen molar-refractivity contribution in [1.29, 1.82) is 0 Å². The van der Waals surface area contributed by atoms with Gasteiger partial charge in [-0.2, -0.15) is 4.98 Å². The minimum absolute atomic E-state index is 0.00699. The molecule has 6 rings (SSSR count). The molecule has 4 aromatic rings. The summed E-state index contributed by atoms with van der Waals surface area (Å²) < 4.78 is 9.04.